The lowest BCUT2D eigenvalue weighted by Crippen LogP contribution is -2.40. The second-order valence-electron chi connectivity index (χ2n) is 5.94. The molecule has 0 spiro atoms. The zero-order chi connectivity index (χ0) is 13.5. The van der Waals surface area contributed by atoms with Crippen LogP contribution in [0.2, 0.25) is 0 Å². The Kier molecular flexibility index (Phi) is 3.52. The zero-order valence-corrected chi connectivity index (χ0v) is 12.5. The van der Waals surface area contributed by atoms with Crippen LogP contribution < -0.4 is 4.74 Å². The number of ether oxygens (including phenoxy) is 1. The molecule has 0 amide bonds. The number of aryl methyl sites for hydroxylation is 1. The van der Waals surface area contributed by atoms with Crippen LogP contribution in [-0.4, -0.2) is 22.7 Å². The lowest BCUT2D eigenvalue weighted by Gasteiger charge is -2.44. The number of rotatable bonds is 2. The van der Waals surface area contributed by atoms with Gasteiger partial charge in [0.25, 0.3) is 0 Å². The standard InChI is InChI=1S/C16H22O2S/c1-11-6-7-12(8-15(11)18-2)16(17)9-13-4-3-5-14(10-16)19-13/h6-8,13-14,17H,3-5,9-10H2,1-2H3. The summed E-state index contributed by atoms with van der Waals surface area (Å²) in [6, 6.07) is 6.16. The van der Waals surface area contributed by atoms with Gasteiger partial charge in [0.1, 0.15) is 5.75 Å². The molecule has 0 aromatic heterocycles. The zero-order valence-electron chi connectivity index (χ0n) is 11.7. The van der Waals surface area contributed by atoms with Crippen molar-refractivity contribution in [2.24, 2.45) is 0 Å². The Morgan fingerprint density at radius 3 is 2.58 bits per heavy atom. The number of fused-ring (bicyclic) bond motifs is 2. The van der Waals surface area contributed by atoms with Crippen molar-refractivity contribution in [2.45, 2.75) is 55.1 Å². The topological polar surface area (TPSA) is 29.5 Å². The van der Waals surface area contributed by atoms with Crippen molar-refractivity contribution in [1.29, 1.82) is 0 Å². The van der Waals surface area contributed by atoms with Crippen LogP contribution in [0.5, 0.6) is 5.75 Å². The molecule has 2 nitrogen and oxygen atoms in total. The number of hydrogen-bond acceptors (Lipinski definition) is 3. The van der Waals surface area contributed by atoms with Crippen LogP contribution in [0.15, 0.2) is 18.2 Å². The van der Waals surface area contributed by atoms with Gasteiger partial charge in [-0.2, -0.15) is 11.8 Å². The molecule has 0 saturated carbocycles. The fraction of sp³-hybridized carbons (Fsp3) is 0.625. The number of benzene rings is 1. The van der Waals surface area contributed by atoms with Crippen LogP contribution in [0.1, 0.15) is 43.2 Å². The summed E-state index contributed by atoms with van der Waals surface area (Å²) in [6.07, 6.45) is 5.62. The summed E-state index contributed by atoms with van der Waals surface area (Å²) in [6.45, 7) is 2.04. The minimum Gasteiger partial charge on any atom is -0.496 e. The van der Waals surface area contributed by atoms with Gasteiger partial charge in [-0.05, 0) is 49.8 Å². The molecule has 2 heterocycles. The largest absolute Gasteiger partial charge is 0.496 e. The smallest absolute Gasteiger partial charge is 0.122 e. The highest BCUT2D eigenvalue weighted by molar-refractivity contribution is 8.00. The monoisotopic (exact) mass is 278 g/mol. The third-order valence-corrected chi connectivity index (χ3v) is 6.09. The van der Waals surface area contributed by atoms with E-state index in [4.69, 9.17) is 4.74 Å². The van der Waals surface area contributed by atoms with E-state index in [0.717, 1.165) is 29.7 Å². The normalized spacial score (nSPS) is 34.1. The molecule has 0 radical (unpaired) electrons. The van der Waals surface area contributed by atoms with Crippen molar-refractivity contribution in [3.05, 3.63) is 29.3 Å². The van der Waals surface area contributed by atoms with Gasteiger partial charge in [-0.1, -0.05) is 18.6 Å². The highest BCUT2D eigenvalue weighted by Crippen LogP contribution is 2.49. The minimum absolute atomic E-state index is 0.629. The molecule has 1 N–H and O–H groups in total. The van der Waals surface area contributed by atoms with Gasteiger partial charge >= 0.3 is 0 Å². The van der Waals surface area contributed by atoms with Gasteiger partial charge in [-0.15, -0.1) is 0 Å². The van der Waals surface area contributed by atoms with Crippen LogP contribution in [-0.2, 0) is 5.60 Å². The Morgan fingerprint density at radius 1 is 1.26 bits per heavy atom. The van der Waals surface area contributed by atoms with E-state index < -0.39 is 5.60 Å². The van der Waals surface area contributed by atoms with Gasteiger partial charge in [0.2, 0.25) is 0 Å². The lowest BCUT2D eigenvalue weighted by molar-refractivity contribution is 0.00795. The van der Waals surface area contributed by atoms with E-state index in [1.165, 1.54) is 19.3 Å². The Labute approximate surface area is 119 Å². The Morgan fingerprint density at radius 2 is 1.95 bits per heavy atom. The van der Waals surface area contributed by atoms with Crippen molar-refractivity contribution in [2.75, 3.05) is 7.11 Å². The molecule has 19 heavy (non-hydrogen) atoms. The number of hydrogen-bond donors (Lipinski definition) is 1. The van der Waals surface area contributed by atoms with Crippen LogP contribution in [0.25, 0.3) is 0 Å². The molecule has 3 rings (SSSR count). The first-order valence-electron chi connectivity index (χ1n) is 7.14. The van der Waals surface area contributed by atoms with Gasteiger partial charge in [0.15, 0.2) is 0 Å². The third kappa shape index (κ3) is 2.50. The lowest BCUT2D eigenvalue weighted by atomic mass is 9.80. The molecule has 2 bridgehead atoms. The average Bonchev–Trinajstić information content (AvgIpc) is 2.38. The van der Waals surface area contributed by atoms with E-state index in [-0.39, 0.29) is 0 Å². The molecule has 2 saturated heterocycles. The Bertz CT molecular complexity index is 460. The third-order valence-electron chi connectivity index (χ3n) is 4.51. The molecule has 1 aromatic rings. The SMILES string of the molecule is COc1cc(C2(O)CC3CCCC(C2)S3)ccc1C. The Hall–Kier alpha value is -0.670. The predicted molar refractivity (Wildman–Crippen MR) is 79.9 cm³/mol. The van der Waals surface area contributed by atoms with Crippen molar-refractivity contribution in [1.82, 2.24) is 0 Å². The van der Waals surface area contributed by atoms with Crippen molar-refractivity contribution in [3.63, 3.8) is 0 Å². The maximum Gasteiger partial charge on any atom is 0.122 e. The first kappa shape index (κ1) is 13.3. The molecule has 3 heteroatoms. The van der Waals surface area contributed by atoms with E-state index >= 15 is 0 Å². The molecular weight excluding hydrogens is 256 g/mol. The second kappa shape index (κ2) is 5.02. The predicted octanol–water partition coefficient (Wildman–Crippen LogP) is 3.64. The molecule has 2 fully saturated rings. The van der Waals surface area contributed by atoms with Crippen molar-refractivity contribution < 1.29 is 9.84 Å². The minimum atomic E-state index is -0.651. The van der Waals surface area contributed by atoms with Gasteiger partial charge < -0.3 is 9.84 Å². The molecule has 2 atom stereocenters. The van der Waals surface area contributed by atoms with Gasteiger partial charge in [-0.25, -0.2) is 0 Å². The molecule has 1 aromatic carbocycles. The van der Waals surface area contributed by atoms with Crippen molar-refractivity contribution in [3.8, 4) is 5.75 Å². The summed E-state index contributed by atoms with van der Waals surface area (Å²) in [7, 11) is 1.70. The average molecular weight is 278 g/mol. The van der Waals surface area contributed by atoms with Crippen LogP contribution in [0.4, 0.5) is 0 Å². The van der Waals surface area contributed by atoms with E-state index in [2.05, 4.69) is 23.9 Å². The molecule has 104 valence electrons. The van der Waals surface area contributed by atoms with E-state index in [0.29, 0.717) is 10.5 Å². The molecule has 2 aliphatic rings. The van der Waals surface area contributed by atoms with Gasteiger partial charge in [0.05, 0.1) is 12.7 Å². The number of thioether (sulfide) groups is 1. The van der Waals surface area contributed by atoms with Gasteiger partial charge in [-0.3, -0.25) is 0 Å². The van der Waals surface area contributed by atoms with Crippen LogP contribution in [0, 0.1) is 6.92 Å². The maximum atomic E-state index is 11.1. The summed E-state index contributed by atoms with van der Waals surface area (Å²) < 4.78 is 5.40. The molecular formula is C16H22O2S. The summed E-state index contributed by atoms with van der Waals surface area (Å²) in [5, 5.41) is 12.3. The van der Waals surface area contributed by atoms with Gasteiger partial charge in [0, 0.05) is 10.5 Å². The van der Waals surface area contributed by atoms with Crippen LogP contribution in [0.3, 0.4) is 0 Å². The molecule has 0 aliphatic carbocycles. The van der Waals surface area contributed by atoms with E-state index in [9.17, 15) is 5.11 Å². The van der Waals surface area contributed by atoms with E-state index in [1.54, 1.807) is 7.11 Å². The molecule has 2 aliphatic heterocycles. The fourth-order valence-corrected chi connectivity index (χ4v) is 5.36. The molecule has 2 unspecified atom stereocenters. The fourth-order valence-electron chi connectivity index (χ4n) is 3.46. The van der Waals surface area contributed by atoms with Crippen LogP contribution >= 0.6 is 11.8 Å². The Balaban J connectivity index is 1.91. The summed E-state index contributed by atoms with van der Waals surface area (Å²) in [5.41, 5.74) is 1.51. The van der Waals surface area contributed by atoms with Crippen molar-refractivity contribution >= 4 is 11.8 Å². The first-order chi connectivity index (χ1) is 9.10. The quantitative estimate of drug-likeness (QED) is 0.895. The summed E-state index contributed by atoms with van der Waals surface area (Å²) >= 11 is 2.09. The number of aliphatic hydroxyl groups is 1. The maximum absolute atomic E-state index is 11.1. The summed E-state index contributed by atoms with van der Waals surface area (Å²) in [4.78, 5) is 0. The highest BCUT2D eigenvalue weighted by atomic mass is 32.2. The summed E-state index contributed by atoms with van der Waals surface area (Å²) in [5.74, 6) is 0.884. The first-order valence-corrected chi connectivity index (χ1v) is 8.08. The number of methoxy groups -OCH3 is 1. The van der Waals surface area contributed by atoms with E-state index in [1.807, 2.05) is 13.0 Å². The highest BCUT2D eigenvalue weighted by Gasteiger charge is 2.42. The second-order valence-corrected chi connectivity index (χ2v) is 7.54.